The van der Waals surface area contributed by atoms with Crippen LogP contribution in [-0.2, 0) is 4.79 Å². The molecule has 0 aliphatic carbocycles. The van der Waals surface area contributed by atoms with Crippen LogP contribution < -0.4 is 9.47 Å². The van der Waals surface area contributed by atoms with Gasteiger partial charge in [0, 0.05) is 5.41 Å². The van der Waals surface area contributed by atoms with E-state index < -0.39 is 0 Å². The second kappa shape index (κ2) is 4.84. The fourth-order valence-electron chi connectivity index (χ4n) is 1.59. The lowest BCUT2D eigenvalue weighted by Crippen LogP contribution is -2.17. The van der Waals surface area contributed by atoms with Crippen LogP contribution in [-0.4, -0.2) is 19.0 Å². The third-order valence-corrected chi connectivity index (χ3v) is 2.73. The topological polar surface area (TPSA) is 35.5 Å². The lowest BCUT2D eigenvalue weighted by atomic mass is 9.90. The van der Waals surface area contributed by atoms with Crippen LogP contribution in [0.15, 0.2) is 24.3 Å². The van der Waals surface area contributed by atoms with Crippen LogP contribution >= 0.6 is 0 Å². The van der Waals surface area contributed by atoms with Gasteiger partial charge in [0.15, 0.2) is 17.3 Å². The summed E-state index contributed by atoms with van der Waals surface area (Å²) >= 11 is 0. The van der Waals surface area contributed by atoms with E-state index in [1.165, 1.54) is 0 Å². The maximum absolute atomic E-state index is 11.8. The van der Waals surface area contributed by atoms with Gasteiger partial charge in [0.25, 0.3) is 0 Å². The Morgan fingerprint density at radius 1 is 1.17 bits per heavy atom. The molecule has 18 heavy (non-hydrogen) atoms. The molecule has 0 aromatic heterocycles. The highest BCUT2D eigenvalue weighted by Gasteiger charge is 2.18. The molecule has 1 aromatic carbocycles. The number of carbonyl (C=O) groups is 1. The normalized spacial score (nSPS) is 14.8. The van der Waals surface area contributed by atoms with Gasteiger partial charge in [-0.2, -0.15) is 0 Å². The van der Waals surface area contributed by atoms with E-state index in [4.69, 9.17) is 9.47 Å². The van der Waals surface area contributed by atoms with Crippen molar-refractivity contribution in [2.45, 2.75) is 20.8 Å². The van der Waals surface area contributed by atoms with Crippen LogP contribution in [0, 0.1) is 5.41 Å². The summed E-state index contributed by atoms with van der Waals surface area (Å²) in [6.07, 6.45) is 3.43. The highest BCUT2D eigenvalue weighted by atomic mass is 16.6. The van der Waals surface area contributed by atoms with Crippen LogP contribution in [0.25, 0.3) is 6.08 Å². The third-order valence-electron chi connectivity index (χ3n) is 2.73. The highest BCUT2D eigenvalue weighted by molar-refractivity contribution is 5.97. The Balaban J connectivity index is 2.15. The molecule has 0 fully saturated rings. The van der Waals surface area contributed by atoms with Crippen LogP contribution in [0.1, 0.15) is 26.3 Å². The van der Waals surface area contributed by atoms with Gasteiger partial charge in [-0.3, -0.25) is 4.79 Å². The number of rotatable bonds is 2. The van der Waals surface area contributed by atoms with Crippen LogP contribution in [0.5, 0.6) is 11.5 Å². The Bertz CT molecular complexity index is 481. The number of hydrogen-bond donors (Lipinski definition) is 0. The molecule has 1 aliphatic heterocycles. The molecule has 0 atom stereocenters. The Morgan fingerprint density at radius 2 is 1.83 bits per heavy atom. The van der Waals surface area contributed by atoms with E-state index in [0.29, 0.717) is 13.2 Å². The molecule has 0 saturated heterocycles. The van der Waals surface area contributed by atoms with E-state index >= 15 is 0 Å². The molecule has 0 unspecified atom stereocenters. The van der Waals surface area contributed by atoms with Gasteiger partial charge < -0.3 is 9.47 Å². The smallest absolute Gasteiger partial charge is 0.161 e. The summed E-state index contributed by atoms with van der Waals surface area (Å²) in [5.41, 5.74) is 0.599. The van der Waals surface area contributed by atoms with Crippen LogP contribution in [0.3, 0.4) is 0 Å². The molecular formula is C15H18O3. The minimum Gasteiger partial charge on any atom is -0.486 e. The molecular weight excluding hydrogens is 228 g/mol. The molecule has 0 bridgehead atoms. The third kappa shape index (κ3) is 2.92. The monoisotopic (exact) mass is 246 g/mol. The van der Waals surface area contributed by atoms with Crippen molar-refractivity contribution in [2.24, 2.45) is 5.41 Å². The SMILES string of the molecule is CC(C)(C)C(=O)/C=C/c1ccc2c(c1)OCCO2. The Hall–Kier alpha value is -1.77. The van der Waals surface area contributed by atoms with Crippen molar-refractivity contribution in [3.63, 3.8) is 0 Å². The number of ketones is 1. The largest absolute Gasteiger partial charge is 0.486 e. The fraction of sp³-hybridized carbons (Fsp3) is 0.400. The zero-order valence-corrected chi connectivity index (χ0v) is 11.0. The van der Waals surface area contributed by atoms with Crippen molar-refractivity contribution < 1.29 is 14.3 Å². The molecule has 0 spiro atoms. The molecule has 3 heteroatoms. The summed E-state index contributed by atoms with van der Waals surface area (Å²) in [6.45, 7) is 6.88. The van der Waals surface area contributed by atoms with Crippen molar-refractivity contribution >= 4 is 11.9 Å². The minimum atomic E-state index is -0.343. The second-order valence-electron chi connectivity index (χ2n) is 5.35. The molecule has 0 N–H and O–H groups in total. The predicted molar refractivity (Wildman–Crippen MR) is 70.9 cm³/mol. The number of carbonyl (C=O) groups excluding carboxylic acids is 1. The van der Waals surface area contributed by atoms with Crippen molar-refractivity contribution in [1.29, 1.82) is 0 Å². The number of ether oxygens (including phenoxy) is 2. The lowest BCUT2D eigenvalue weighted by molar-refractivity contribution is -0.121. The van der Waals surface area contributed by atoms with Gasteiger partial charge in [0.2, 0.25) is 0 Å². The summed E-state index contributed by atoms with van der Waals surface area (Å²) in [5, 5.41) is 0. The van der Waals surface area contributed by atoms with Gasteiger partial charge in [-0.1, -0.05) is 32.9 Å². The van der Waals surface area contributed by atoms with E-state index in [0.717, 1.165) is 17.1 Å². The van der Waals surface area contributed by atoms with Gasteiger partial charge in [-0.25, -0.2) is 0 Å². The van der Waals surface area contributed by atoms with E-state index in [1.807, 2.05) is 45.0 Å². The molecule has 2 rings (SSSR count). The first kappa shape index (κ1) is 12.7. The number of fused-ring (bicyclic) bond motifs is 1. The van der Waals surface area contributed by atoms with Crippen molar-refractivity contribution in [1.82, 2.24) is 0 Å². The summed E-state index contributed by atoms with van der Waals surface area (Å²) in [6, 6.07) is 5.68. The zero-order valence-electron chi connectivity index (χ0n) is 11.0. The zero-order chi connectivity index (χ0) is 13.2. The first-order valence-corrected chi connectivity index (χ1v) is 6.09. The Kier molecular flexibility index (Phi) is 3.41. The van der Waals surface area contributed by atoms with Crippen molar-refractivity contribution in [3.05, 3.63) is 29.8 Å². The summed E-state index contributed by atoms with van der Waals surface area (Å²) in [5.74, 6) is 1.62. The van der Waals surface area contributed by atoms with Gasteiger partial charge >= 0.3 is 0 Å². The second-order valence-corrected chi connectivity index (χ2v) is 5.35. The van der Waals surface area contributed by atoms with Crippen LogP contribution in [0.4, 0.5) is 0 Å². The first-order chi connectivity index (χ1) is 8.47. The maximum Gasteiger partial charge on any atom is 0.161 e. The molecule has 3 nitrogen and oxygen atoms in total. The van der Waals surface area contributed by atoms with Crippen molar-refractivity contribution in [3.8, 4) is 11.5 Å². The summed E-state index contributed by atoms with van der Waals surface area (Å²) in [7, 11) is 0. The number of allylic oxidation sites excluding steroid dienone is 1. The minimum absolute atomic E-state index is 0.109. The Morgan fingerprint density at radius 3 is 2.50 bits per heavy atom. The average Bonchev–Trinajstić information content (AvgIpc) is 2.34. The van der Waals surface area contributed by atoms with Gasteiger partial charge in [-0.05, 0) is 23.8 Å². The highest BCUT2D eigenvalue weighted by Crippen LogP contribution is 2.31. The predicted octanol–water partition coefficient (Wildman–Crippen LogP) is 3.09. The number of hydrogen-bond acceptors (Lipinski definition) is 3. The van der Waals surface area contributed by atoms with Gasteiger partial charge in [0.05, 0.1) is 0 Å². The standard InChI is InChI=1S/C15H18O3/c1-15(2,3)14(16)7-5-11-4-6-12-13(10-11)18-9-8-17-12/h4-7,10H,8-9H2,1-3H3/b7-5+. The molecule has 1 aliphatic rings. The fourth-order valence-corrected chi connectivity index (χ4v) is 1.59. The molecule has 1 heterocycles. The average molecular weight is 246 g/mol. The molecule has 0 amide bonds. The van der Waals surface area contributed by atoms with Gasteiger partial charge in [0.1, 0.15) is 13.2 Å². The Labute approximate surface area is 107 Å². The van der Waals surface area contributed by atoms with E-state index in [9.17, 15) is 4.79 Å². The van der Waals surface area contributed by atoms with Gasteiger partial charge in [-0.15, -0.1) is 0 Å². The molecule has 1 aromatic rings. The van der Waals surface area contributed by atoms with Crippen LogP contribution in [0.2, 0.25) is 0 Å². The molecule has 0 radical (unpaired) electrons. The van der Waals surface area contributed by atoms with E-state index in [1.54, 1.807) is 6.08 Å². The number of benzene rings is 1. The van der Waals surface area contributed by atoms with E-state index in [2.05, 4.69) is 0 Å². The lowest BCUT2D eigenvalue weighted by Gasteiger charge is -2.18. The maximum atomic E-state index is 11.8. The molecule has 96 valence electrons. The first-order valence-electron chi connectivity index (χ1n) is 6.09. The van der Waals surface area contributed by atoms with Crippen molar-refractivity contribution in [2.75, 3.05) is 13.2 Å². The molecule has 0 saturated carbocycles. The van der Waals surface area contributed by atoms with E-state index in [-0.39, 0.29) is 11.2 Å². The quantitative estimate of drug-likeness (QED) is 0.752. The summed E-state index contributed by atoms with van der Waals surface area (Å²) in [4.78, 5) is 11.8. The summed E-state index contributed by atoms with van der Waals surface area (Å²) < 4.78 is 10.9.